The van der Waals surface area contributed by atoms with Crippen LogP contribution >= 0.6 is 0 Å². The van der Waals surface area contributed by atoms with Crippen LogP contribution < -0.4 is 0 Å². The van der Waals surface area contributed by atoms with Crippen molar-refractivity contribution < 1.29 is 14.6 Å². The molecule has 0 aromatic carbocycles. The zero-order valence-corrected chi connectivity index (χ0v) is 10.0. The first-order chi connectivity index (χ1) is 7.34. The van der Waals surface area contributed by atoms with Gasteiger partial charge in [0.25, 0.3) is 0 Å². The van der Waals surface area contributed by atoms with Gasteiger partial charge in [-0.15, -0.1) is 6.58 Å². The van der Waals surface area contributed by atoms with Crippen molar-refractivity contribution in [3.63, 3.8) is 0 Å². The lowest BCUT2D eigenvalue weighted by Crippen LogP contribution is -2.56. The van der Waals surface area contributed by atoms with Crippen LogP contribution in [-0.2, 0) is 9.53 Å². The van der Waals surface area contributed by atoms with Gasteiger partial charge in [-0.1, -0.05) is 12.7 Å². The Kier molecular flexibility index (Phi) is 3.58. The molecule has 1 fully saturated rings. The third kappa shape index (κ3) is 2.35. The molecule has 3 unspecified atom stereocenters. The minimum atomic E-state index is -0.995. The van der Waals surface area contributed by atoms with Gasteiger partial charge in [0.1, 0.15) is 11.2 Å². The van der Waals surface area contributed by atoms with Gasteiger partial charge < -0.3 is 9.84 Å². The van der Waals surface area contributed by atoms with Gasteiger partial charge in [-0.25, -0.2) is 4.79 Å². The lowest BCUT2D eigenvalue weighted by Gasteiger charge is -2.47. The molecule has 16 heavy (non-hydrogen) atoms. The average molecular weight is 224 g/mol. The van der Waals surface area contributed by atoms with Crippen molar-refractivity contribution in [3.05, 3.63) is 25.3 Å². The van der Waals surface area contributed by atoms with Crippen LogP contribution in [0.5, 0.6) is 0 Å². The maximum Gasteiger partial charge on any atom is 0.330 e. The highest BCUT2D eigenvalue weighted by Gasteiger charge is 2.50. The topological polar surface area (TPSA) is 46.5 Å². The highest BCUT2D eigenvalue weighted by molar-refractivity contribution is 5.81. The first-order valence-corrected chi connectivity index (χ1v) is 5.55. The second kappa shape index (κ2) is 4.42. The Hall–Kier alpha value is -1.09. The van der Waals surface area contributed by atoms with Crippen molar-refractivity contribution in [2.75, 3.05) is 0 Å². The number of hydrogen-bond acceptors (Lipinski definition) is 3. The predicted molar refractivity (Wildman–Crippen MR) is 62.9 cm³/mol. The molecule has 1 aliphatic carbocycles. The summed E-state index contributed by atoms with van der Waals surface area (Å²) < 4.78 is 5.32. The summed E-state index contributed by atoms with van der Waals surface area (Å²) in [6.07, 6.45) is 5.06. The molecule has 0 aliphatic heterocycles. The van der Waals surface area contributed by atoms with Gasteiger partial charge in [0.05, 0.1) is 0 Å². The van der Waals surface area contributed by atoms with E-state index in [4.69, 9.17) is 4.74 Å². The van der Waals surface area contributed by atoms with Crippen molar-refractivity contribution in [1.29, 1.82) is 0 Å². The van der Waals surface area contributed by atoms with E-state index < -0.39 is 17.2 Å². The van der Waals surface area contributed by atoms with E-state index in [1.807, 2.05) is 6.08 Å². The fraction of sp³-hybridized carbons (Fsp3) is 0.615. The van der Waals surface area contributed by atoms with Crippen molar-refractivity contribution in [2.24, 2.45) is 5.92 Å². The minimum absolute atomic E-state index is 0.280. The Labute approximate surface area is 96.8 Å². The molecule has 1 rings (SSSR count). The summed E-state index contributed by atoms with van der Waals surface area (Å²) >= 11 is 0. The molecule has 3 heteroatoms. The lowest BCUT2D eigenvalue weighted by molar-refractivity contribution is -0.198. The Bertz CT molecular complexity index is 306. The number of hydrogen-bond donors (Lipinski definition) is 1. The summed E-state index contributed by atoms with van der Waals surface area (Å²) in [4.78, 5) is 11.3. The van der Waals surface area contributed by atoms with Crippen molar-refractivity contribution in [3.8, 4) is 0 Å². The van der Waals surface area contributed by atoms with Crippen molar-refractivity contribution in [1.82, 2.24) is 0 Å². The van der Waals surface area contributed by atoms with E-state index in [9.17, 15) is 9.90 Å². The molecule has 0 aromatic rings. The van der Waals surface area contributed by atoms with Crippen molar-refractivity contribution in [2.45, 2.75) is 44.3 Å². The summed E-state index contributed by atoms with van der Waals surface area (Å²) in [5.41, 5.74) is -1.86. The number of rotatable bonds is 3. The molecule has 3 atom stereocenters. The molecule has 0 spiro atoms. The average Bonchev–Trinajstić information content (AvgIpc) is 2.22. The monoisotopic (exact) mass is 224 g/mol. The summed E-state index contributed by atoms with van der Waals surface area (Å²) in [6, 6.07) is 0. The molecule has 0 aromatic heterocycles. The number of allylic oxidation sites excluding steroid dienone is 1. The zero-order chi connectivity index (χ0) is 12.4. The first-order valence-electron chi connectivity index (χ1n) is 5.55. The molecular weight excluding hydrogens is 204 g/mol. The molecule has 0 saturated heterocycles. The third-order valence-corrected chi connectivity index (χ3v) is 3.62. The molecule has 0 bridgehead atoms. The predicted octanol–water partition coefficient (Wildman–Crippen LogP) is 2.21. The number of ether oxygens (including phenoxy) is 1. The maximum atomic E-state index is 11.3. The van der Waals surface area contributed by atoms with E-state index in [1.54, 1.807) is 13.8 Å². The molecule has 0 amide bonds. The van der Waals surface area contributed by atoms with Crippen LogP contribution in [0.1, 0.15) is 33.1 Å². The van der Waals surface area contributed by atoms with Crippen LogP contribution in [-0.4, -0.2) is 22.3 Å². The third-order valence-electron chi connectivity index (χ3n) is 3.62. The quantitative estimate of drug-likeness (QED) is 0.454. The van der Waals surface area contributed by atoms with E-state index in [0.717, 1.165) is 12.5 Å². The molecule has 0 heterocycles. The standard InChI is InChI=1S/C13H20O3/c1-5-10-7-8-12(3,15)13(4,9-10)16-11(14)6-2/h5-6,10,15H,1-2,7-9H2,3-4H3. The SMILES string of the molecule is C=CC(=O)OC1(C)CC(C=C)CCC1(C)O. The fourth-order valence-electron chi connectivity index (χ4n) is 2.17. The number of aliphatic hydroxyl groups is 1. The number of carbonyl (C=O) groups excluding carboxylic acids is 1. The van der Waals surface area contributed by atoms with Crippen LogP contribution in [0.15, 0.2) is 25.3 Å². The van der Waals surface area contributed by atoms with E-state index in [0.29, 0.717) is 12.8 Å². The Balaban J connectivity index is 2.89. The van der Waals surface area contributed by atoms with E-state index in [-0.39, 0.29) is 5.92 Å². The van der Waals surface area contributed by atoms with Crippen LogP contribution in [0.4, 0.5) is 0 Å². The van der Waals surface area contributed by atoms with Gasteiger partial charge in [0, 0.05) is 6.08 Å². The van der Waals surface area contributed by atoms with Crippen LogP contribution in [0.2, 0.25) is 0 Å². The lowest BCUT2D eigenvalue weighted by atomic mass is 9.69. The van der Waals surface area contributed by atoms with Crippen LogP contribution in [0.3, 0.4) is 0 Å². The molecule has 3 nitrogen and oxygen atoms in total. The van der Waals surface area contributed by atoms with Gasteiger partial charge in [0.15, 0.2) is 0 Å². The van der Waals surface area contributed by atoms with Crippen LogP contribution in [0.25, 0.3) is 0 Å². The van der Waals surface area contributed by atoms with Gasteiger partial charge in [-0.05, 0) is 39.0 Å². The van der Waals surface area contributed by atoms with E-state index in [1.165, 1.54) is 0 Å². The normalized spacial score (nSPS) is 38.8. The maximum absolute atomic E-state index is 11.3. The van der Waals surface area contributed by atoms with Crippen LogP contribution in [0, 0.1) is 5.92 Å². The molecule has 1 aliphatic rings. The number of esters is 1. The summed E-state index contributed by atoms with van der Waals surface area (Å²) in [7, 11) is 0. The largest absolute Gasteiger partial charge is 0.453 e. The Morgan fingerprint density at radius 2 is 2.12 bits per heavy atom. The fourth-order valence-corrected chi connectivity index (χ4v) is 2.17. The van der Waals surface area contributed by atoms with E-state index in [2.05, 4.69) is 13.2 Å². The molecular formula is C13H20O3. The molecule has 90 valence electrons. The van der Waals surface area contributed by atoms with E-state index >= 15 is 0 Å². The highest BCUT2D eigenvalue weighted by Crippen LogP contribution is 2.42. The molecule has 1 N–H and O–H groups in total. The zero-order valence-electron chi connectivity index (χ0n) is 10.0. The molecule has 1 saturated carbocycles. The first kappa shape index (κ1) is 13.0. The summed E-state index contributed by atoms with van der Waals surface area (Å²) in [5, 5.41) is 10.3. The van der Waals surface area contributed by atoms with Crippen molar-refractivity contribution >= 4 is 5.97 Å². The second-order valence-electron chi connectivity index (χ2n) is 4.87. The summed E-state index contributed by atoms with van der Waals surface area (Å²) in [5.74, 6) is -0.213. The number of carbonyl (C=O) groups is 1. The summed E-state index contributed by atoms with van der Waals surface area (Å²) in [6.45, 7) is 10.6. The Morgan fingerprint density at radius 3 is 2.62 bits per heavy atom. The van der Waals surface area contributed by atoms with Gasteiger partial charge in [-0.3, -0.25) is 0 Å². The molecule has 0 radical (unpaired) electrons. The van der Waals surface area contributed by atoms with Gasteiger partial charge >= 0.3 is 5.97 Å². The van der Waals surface area contributed by atoms with Gasteiger partial charge in [-0.2, -0.15) is 0 Å². The second-order valence-corrected chi connectivity index (χ2v) is 4.87. The smallest absolute Gasteiger partial charge is 0.330 e. The minimum Gasteiger partial charge on any atom is -0.453 e. The van der Waals surface area contributed by atoms with Gasteiger partial charge in [0.2, 0.25) is 0 Å². The highest BCUT2D eigenvalue weighted by atomic mass is 16.6. The Morgan fingerprint density at radius 1 is 1.50 bits per heavy atom.